The van der Waals surface area contributed by atoms with Crippen molar-refractivity contribution < 1.29 is 19.4 Å². The lowest BCUT2D eigenvalue weighted by atomic mass is 10.1. The minimum Gasteiger partial charge on any atom is -0.449 e. The Bertz CT molecular complexity index is 1570. The van der Waals surface area contributed by atoms with Gasteiger partial charge in [-0.05, 0) is 50.2 Å². The minimum atomic E-state index is -1.35. The van der Waals surface area contributed by atoms with Crippen LogP contribution >= 0.6 is 11.6 Å². The summed E-state index contributed by atoms with van der Waals surface area (Å²) in [5.74, 6) is 1.06. The van der Waals surface area contributed by atoms with Crippen molar-refractivity contribution in [3.8, 4) is 17.1 Å². The fourth-order valence-corrected chi connectivity index (χ4v) is 5.00. The molecule has 0 bridgehead atoms. The molecule has 0 saturated carbocycles. The monoisotopic (exact) mass is 477 g/mol. The first-order valence-electron chi connectivity index (χ1n) is 11.0. The van der Waals surface area contributed by atoms with Crippen LogP contribution in [0.15, 0.2) is 48.5 Å². The van der Waals surface area contributed by atoms with Gasteiger partial charge in [0.2, 0.25) is 0 Å². The van der Waals surface area contributed by atoms with Crippen molar-refractivity contribution in [1.82, 2.24) is 14.1 Å². The van der Waals surface area contributed by atoms with Gasteiger partial charge >= 0.3 is 6.16 Å². The molecule has 2 aromatic heterocycles. The van der Waals surface area contributed by atoms with Crippen molar-refractivity contribution in [2.24, 2.45) is 0 Å². The lowest BCUT2D eigenvalue weighted by Crippen LogP contribution is -2.06. The number of fused-ring (bicyclic) bond motifs is 4. The first-order valence-corrected chi connectivity index (χ1v) is 11.4. The SMILES string of the molecule is CCn1c2ccc(-c3nc4c(C)c(OC(=O)O)ccc4n3CCOC)cc2c2cccc(Cl)c21. The van der Waals surface area contributed by atoms with Crippen LogP contribution in [0.4, 0.5) is 4.79 Å². The van der Waals surface area contributed by atoms with Crippen molar-refractivity contribution in [3.05, 3.63) is 59.1 Å². The van der Waals surface area contributed by atoms with Gasteiger partial charge in [0.05, 0.1) is 28.2 Å². The van der Waals surface area contributed by atoms with Gasteiger partial charge in [-0.3, -0.25) is 0 Å². The highest BCUT2D eigenvalue weighted by Gasteiger charge is 2.19. The van der Waals surface area contributed by atoms with Crippen molar-refractivity contribution in [2.75, 3.05) is 13.7 Å². The van der Waals surface area contributed by atoms with Gasteiger partial charge in [-0.2, -0.15) is 0 Å². The summed E-state index contributed by atoms with van der Waals surface area (Å²) in [4.78, 5) is 16.0. The van der Waals surface area contributed by atoms with Crippen LogP contribution in [0.2, 0.25) is 5.02 Å². The molecular weight excluding hydrogens is 454 g/mol. The van der Waals surface area contributed by atoms with Crippen molar-refractivity contribution >= 4 is 50.6 Å². The summed E-state index contributed by atoms with van der Waals surface area (Å²) in [6, 6.07) is 15.8. The smallest absolute Gasteiger partial charge is 0.449 e. The zero-order valence-electron chi connectivity index (χ0n) is 19.1. The van der Waals surface area contributed by atoms with Gasteiger partial charge in [0.1, 0.15) is 11.6 Å². The maximum atomic E-state index is 11.1. The lowest BCUT2D eigenvalue weighted by molar-refractivity contribution is 0.144. The van der Waals surface area contributed by atoms with Gasteiger partial charge < -0.3 is 23.7 Å². The predicted octanol–water partition coefficient (Wildman–Crippen LogP) is 6.50. The first-order chi connectivity index (χ1) is 16.4. The van der Waals surface area contributed by atoms with Gasteiger partial charge in [0, 0.05) is 47.6 Å². The van der Waals surface area contributed by atoms with E-state index in [0.29, 0.717) is 24.2 Å². The molecule has 0 amide bonds. The molecule has 3 aromatic carbocycles. The average molecular weight is 478 g/mol. The summed E-state index contributed by atoms with van der Waals surface area (Å²) in [5.41, 5.74) is 5.36. The number of para-hydroxylation sites is 1. The van der Waals surface area contributed by atoms with Crippen LogP contribution in [0.1, 0.15) is 12.5 Å². The van der Waals surface area contributed by atoms with E-state index >= 15 is 0 Å². The highest BCUT2D eigenvalue weighted by Crippen LogP contribution is 2.37. The Morgan fingerprint density at radius 1 is 1.09 bits per heavy atom. The summed E-state index contributed by atoms with van der Waals surface area (Å²) in [6.07, 6.45) is -1.35. The van der Waals surface area contributed by atoms with Gasteiger partial charge in [-0.1, -0.05) is 23.7 Å². The van der Waals surface area contributed by atoms with Gasteiger partial charge in [0.25, 0.3) is 0 Å². The minimum absolute atomic E-state index is 0.277. The van der Waals surface area contributed by atoms with Crippen molar-refractivity contribution in [3.63, 3.8) is 0 Å². The number of methoxy groups -OCH3 is 1. The number of aromatic nitrogens is 3. The summed E-state index contributed by atoms with van der Waals surface area (Å²) in [7, 11) is 1.66. The molecule has 2 heterocycles. The number of nitrogens with zero attached hydrogens (tertiary/aromatic N) is 3. The van der Waals surface area contributed by atoms with Gasteiger partial charge in [-0.25, -0.2) is 9.78 Å². The zero-order valence-corrected chi connectivity index (χ0v) is 19.9. The van der Waals surface area contributed by atoms with Crippen LogP contribution in [0.3, 0.4) is 0 Å². The Morgan fingerprint density at radius 2 is 1.88 bits per heavy atom. The van der Waals surface area contributed by atoms with E-state index in [1.54, 1.807) is 13.2 Å². The number of ether oxygens (including phenoxy) is 2. The van der Waals surface area contributed by atoms with E-state index in [1.807, 2.05) is 25.1 Å². The van der Waals surface area contributed by atoms with Crippen LogP contribution in [-0.2, 0) is 17.8 Å². The van der Waals surface area contributed by atoms with E-state index in [9.17, 15) is 4.79 Å². The molecule has 0 aliphatic heterocycles. The van der Waals surface area contributed by atoms with E-state index in [-0.39, 0.29) is 5.75 Å². The number of carbonyl (C=O) groups is 1. The number of hydrogen-bond acceptors (Lipinski definition) is 4. The molecule has 0 atom stereocenters. The average Bonchev–Trinajstić information content (AvgIpc) is 3.35. The quantitative estimate of drug-likeness (QED) is 0.223. The fraction of sp³-hybridized carbons (Fsp3) is 0.231. The summed E-state index contributed by atoms with van der Waals surface area (Å²) >= 11 is 6.57. The first kappa shape index (κ1) is 22.3. The number of halogens is 1. The van der Waals surface area contributed by atoms with Crippen LogP contribution in [0.25, 0.3) is 44.2 Å². The molecule has 7 nitrogen and oxygen atoms in total. The second kappa shape index (κ2) is 8.66. The molecule has 0 aliphatic rings. The molecule has 0 unspecified atom stereocenters. The number of rotatable bonds is 6. The molecule has 174 valence electrons. The van der Waals surface area contributed by atoms with E-state index < -0.39 is 6.16 Å². The Kier molecular flexibility index (Phi) is 5.67. The lowest BCUT2D eigenvalue weighted by Gasteiger charge is -2.10. The Morgan fingerprint density at radius 3 is 2.62 bits per heavy atom. The molecule has 5 aromatic rings. The molecule has 0 spiro atoms. The van der Waals surface area contributed by atoms with E-state index in [0.717, 1.165) is 50.3 Å². The second-order valence-corrected chi connectivity index (χ2v) is 8.52. The molecule has 0 fully saturated rings. The number of imidazole rings is 1. The molecule has 5 rings (SSSR count). The third kappa shape index (κ3) is 3.48. The van der Waals surface area contributed by atoms with Gasteiger partial charge in [-0.15, -0.1) is 0 Å². The molecular formula is C26H24ClN3O4. The Hall–Kier alpha value is -3.55. The second-order valence-electron chi connectivity index (χ2n) is 8.12. The molecule has 0 radical (unpaired) electrons. The normalized spacial score (nSPS) is 11.6. The number of benzene rings is 3. The standard InChI is InChI=1S/C26H24ClN3O4/c1-4-29-20-9-8-16(14-18(20)17-6-5-7-19(27)24(17)29)25-28-23-15(2)22(34-26(31)32)11-10-21(23)30(25)12-13-33-3/h5-11,14H,4,12-13H2,1-3H3,(H,31,32). The van der Waals surface area contributed by atoms with Crippen LogP contribution in [0.5, 0.6) is 5.75 Å². The number of aryl methyl sites for hydroxylation is 2. The Balaban J connectivity index is 1.76. The van der Waals surface area contributed by atoms with Gasteiger partial charge in [0.15, 0.2) is 0 Å². The van der Waals surface area contributed by atoms with Crippen LogP contribution in [0, 0.1) is 6.92 Å². The molecule has 8 heteroatoms. The molecule has 0 aliphatic carbocycles. The maximum absolute atomic E-state index is 11.1. The predicted molar refractivity (Wildman–Crippen MR) is 134 cm³/mol. The zero-order chi connectivity index (χ0) is 24.0. The topological polar surface area (TPSA) is 78.5 Å². The van der Waals surface area contributed by atoms with E-state index in [1.165, 1.54) is 0 Å². The largest absolute Gasteiger partial charge is 0.511 e. The highest BCUT2D eigenvalue weighted by atomic mass is 35.5. The summed E-state index contributed by atoms with van der Waals surface area (Å²) < 4.78 is 14.6. The van der Waals surface area contributed by atoms with Crippen LogP contribution in [-0.4, -0.2) is 39.1 Å². The third-order valence-corrected chi connectivity index (χ3v) is 6.55. The summed E-state index contributed by atoms with van der Waals surface area (Å²) in [5, 5.41) is 12.0. The fourth-order valence-electron chi connectivity index (χ4n) is 4.72. The third-order valence-electron chi connectivity index (χ3n) is 6.25. The van der Waals surface area contributed by atoms with E-state index in [2.05, 4.69) is 40.3 Å². The van der Waals surface area contributed by atoms with Crippen molar-refractivity contribution in [2.45, 2.75) is 26.9 Å². The number of carboxylic acid groups (broad SMARTS) is 1. The number of hydrogen-bond donors (Lipinski definition) is 1. The highest BCUT2D eigenvalue weighted by molar-refractivity contribution is 6.36. The van der Waals surface area contributed by atoms with Crippen molar-refractivity contribution in [1.29, 1.82) is 0 Å². The molecule has 34 heavy (non-hydrogen) atoms. The molecule has 1 N–H and O–H groups in total. The maximum Gasteiger partial charge on any atom is 0.511 e. The Labute approximate surface area is 201 Å². The molecule has 0 saturated heterocycles. The van der Waals surface area contributed by atoms with E-state index in [4.69, 9.17) is 31.2 Å². The van der Waals surface area contributed by atoms with Crippen LogP contribution < -0.4 is 4.74 Å². The summed E-state index contributed by atoms with van der Waals surface area (Å²) in [6.45, 7) is 5.85.